The van der Waals surface area contributed by atoms with Crippen LogP contribution in [0.4, 0.5) is 9.18 Å². The maximum absolute atomic E-state index is 13.2. The molecule has 3 N–H and O–H groups in total. The average molecular weight is 267 g/mol. The van der Waals surface area contributed by atoms with E-state index in [0.717, 1.165) is 4.90 Å². The fourth-order valence-corrected chi connectivity index (χ4v) is 1.92. The molecule has 1 saturated heterocycles. The second-order valence-corrected chi connectivity index (χ2v) is 4.24. The van der Waals surface area contributed by atoms with E-state index in [9.17, 15) is 14.0 Å². The molecule has 5 nitrogen and oxygen atoms in total. The summed E-state index contributed by atoms with van der Waals surface area (Å²) >= 11 is 4.84. The molecule has 0 spiro atoms. The van der Waals surface area contributed by atoms with Gasteiger partial charge in [0.25, 0.3) is 0 Å². The van der Waals surface area contributed by atoms with Crippen LogP contribution in [0, 0.1) is 5.82 Å². The number of hydrogen-bond acceptors (Lipinski definition) is 3. The van der Waals surface area contributed by atoms with Crippen molar-refractivity contribution in [1.29, 1.82) is 0 Å². The standard InChI is InChI=1S/C11H10FN3O2S/c12-7-1-2-8(10(13)18)6(3-7)5-15-9(16)4-14-11(15)17/h1-3H,4-5H2,(H2,13,18)(H,14,17). The molecule has 2 rings (SSSR count). The van der Waals surface area contributed by atoms with E-state index in [1.54, 1.807) is 0 Å². The van der Waals surface area contributed by atoms with Crippen LogP contribution in [0.15, 0.2) is 18.2 Å². The van der Waals surface area contributed by atoms with Crippen LogP contribution < -0.4 is 11.1 Å². The number of rotatable bonds is 3. The average Bonchev–Trinajstić information content (AvgIpc) is 2.60. The molecular formula is C11H10FN3O2S. The van der Waals surface area contributed by atoms with Gasteiger partial charge in [-0.2, -0.15) is 0 Å². The summed E-state index contributed by atoms with van der Waals surface area (Å²) in [5.74, 6) is -0.838. The Labute approximate surface area is 108 Å². The van der Waals surface area contributed by atoms with Crippen molar-refractivity contribution < 1.29 is 14.0 Å². The molecule has 0 atom stereocenters. The molecule has 1 fully saturated rings. The second kappa shape index (κ2) is 4.69. The number of halogens is 1. The van der Waals surface area contributed by atoms with Crippen LogP contribution in [0.3, 0.4) is 0 Å². The van der Waals surface area contributed by atoms with E-state index in [2.05, 4.69) is 5.32 Å². The van der Waals surface area contributed by atoms with Crippen LogP contribution in [0.1, 0.15) is 11.1 Å². The van der Waals surface area contributed by atoms with E-state index in [1.807, 2.05) is 0 Å². The highest BCUT2D eigenvalue weighted by Gasteiger charge is 2.29. The van der Waals surface area contributed by atoms with Gasteiger partial charge in [-0.05, 0) is 23.8 Å². The number of nitrogens with one attached hydrogen (secondary N) is 1. The van der Waals surface area contributed by atoms with E-state index >= 15 is 0 Å². The molecule has 0 saturated carbocycles. The first-order valence-electron chi connectivity index (χ1n) is 5.15. The number of nitrogens with zero attached hydrogens (tertiary/aromatic N) is 1. The van der Waals surface area contributed by atoms with Gasteiger partial charge in [-0.3, -0.25) is 9.69 Å². The third kappa shape index (κ3) is 2.30. The van der Waals surface area contributed by atoms with Crippen LogP contribution in [-0.4, -0.2) is 28.4 Å². The van der Waals surface area contributed by atoms with Gasteiger partial charge in [-0.25, -0.2) is 9.18 Å². The van der Waals surface area contributed by atoms with E-state index in [0.29, 0.717) is 11.1 Å². The highest BCUT2D eigenvalue weighted by molar-refractivity contribution is 7.80. The summed E-state index contributed by atoms with van der Waals surface area (Å²) in [6, 6.07) is 3.38. The number of urea groups is 1. The summed E-state index contributed by atoms with van der Waals surface area (Å²) < 4.78 is 13.2. The first kappa shape index (κ1) is 12.4. The van der Waals surface area contributed by atoms with Gasteiger partial charge < -0.3 is 11.1 Å². The zero-order chi connectivity index (χ0) is 13.3. The van der Waals surface area contributed by atoms with Gasteiger partial charge in [0.1, 0.15) is 10.8 Å². The number of amides is 3. The Morgan fingerprint density at radius 3 is 2.78 bits per heavy atom. The molecule has 94 valence electrons. The lowest BCUT2D eigenvalue weighted by Gasteiger charge is -2.15. The molecule has 0 aromatic heterocycles. The predicted octanol–water partition coefficient (Wildman–Crippen LogP) is 0.512. The maximum Gasteiger partial charge on any atom is 0.324 e. The Morgan fingerprint density at radius 1 is 1.50 bits per heavy atom. The fourth-order valence-electron chi connectivity index (χ4n) is 1.72. The lowest BCUT2D eigenvalue weighted by Crippen LogP contribution is -2.31. The largest absolute Gasteiger partial charge is 0.389 e. The molecule has 0 radical (unpaired) electrons. The lowest BCUT2D eigenvalue weighted by molar-refractivity contribution is -0.125. The Morgan fingerprint density at radius 2 is 2.22 bits per heavy atom. The molecule has 7 heteroatoms. The van der Waals surface area contributed by atoms with E-state index < -0.39 is 11.8 Å². The van der Waals surface area contributed by atoms with Crippen molar-refractivity contribution in [3.05, 3.63) is 35.1 Å². The van der Waals surface area contributed by atoms with Crippen molar-refractivity contribution in [2.24, 2.45) is 5.73 Å². The van der Waals surface area contributed by atoms with Crippen molar-refractivity contribution in [2.45, 2.75) is 6.54 Å². The molecule has 0 bridgehead atoms. The number of thiocarbonyl (C=S) groups is 1. The van der Waals surface area contributed by atoms with Crippen LogP contribution >= 0.6 is 12.2 Å². The number of benzene rings is 1. The monoisotopic (exact) mass is 267 g/mol. The molecule has 18 heavy (non-hydrogen) atoms. The molecule has 1 aromatic rings. The van der Waals surface area contributed by atoms with Gasteiger partial charge >= 0.3 is 6.03 Å². The van der Waals surface area contributed by atoms with Gasteiger partial charge in [0.2, 0.25) is 5.91 Å². The number of nitrogens with two attached hydrogens (primary N) is 1. The van der Waals surface area contributed by atoms with Gasteiger partial charge in [0.05, 0.1) is 13.1 Å². The molecule has 0 aliphatic carbocycles. The molecule has 3 amide bonds. The van der Waals surface area contributed by atoms with Crippen molar-refractivity contribution >= 4 is 29.1 Å². The van der Waals surface area contributed by atoms with Crippen molar-refractivity contribution in [3.63, 3.8) is 0 Å². The van der Waals surface area contributed by atoms with E-state index in [1.165, 1.54) is 18.2 Å². The van der Waals surface area contributed by atoms with Crippen molar-refractivity contribution in [1.82, 2.24) is 10.2 Å². The SMILES string of the molecule is NC(=S)c1ccc(F)cc1CN1C(=O)CNC1=O. The Bertz CT molecular complexity index is 531. The minimum Gasteiger partial charge on any atom is -0.389 e. The zero-order valence-electron chi connectivity index (χ0n) is 9.27. The van der Waals surface area contributed by atoms with Crippen molar-refractivity contribution in [3.8, 4) is 0 Å². The van der Waals surface area contributed by atoms with E-state index in [4.69, 9.17) is 18.0 Å². The van der Waals surface area contributed by atoms with Gasteiger partial charge in [0, 0.05) is 5.56 Å². The minimum absolute atomic E-state index is 0.0451. The number of carbonyl (C=O) groups is 2. The molecule has 1 aromatic carbocycles. The second-order valence-electron chi connectivity index (χ2n) is 3.80. The maximum atomic E-state index is 13.2. The third-order valence-electron chi connectivity index (χ3n) is 2.60. The van der Waals surface area contributed by atoms with E-state index in [-0.39, 0.29) is 24.0 Å². The number of hydrogen-bond donors (Lipinski definition) is 2. The Balaban J connectivity index is 2.33. The fraction of sp³-hybridized carbons (Fsp3) is 0.182. The highest BCUT2D eigenvalue weighted by Crippen LogP contribution is 2.15. The topological polar surface area (TPSA) is 75.4 Å². The first-order chi connectivity index (χ1) is 8.49. The van der Waals surface area contributed by atoms with Crippen LogP contribution in [-0.2, 0) is 11.3 Å². The Hall–Kier alpha value is -2.02. The summed E-state index contributed by atoms with van der Waals surface area (Å²) in [5, 5.41) is 2.38. The summed E-state index contributed by atoms with van der Waals surface area (Å²) in [6.07, 6.45) is 0. The molecule has 1 aliphatic heterocycles. The normalized spacial score (nSPS) is 14.8. The quantitative estimate of drug-likeness (QED) is 0.618. The van der Waals surface area contributed by atoms with Gasteiger partial charge in [-0.15, -0.1) is 0 Å². The smallest absolute Gasteiger partial charge is 0.324 e. The first-order valence-corrected chi connectivity index (χ1v) is 5.56. The van der Waals surface area contributed by atoms with Crippen LogP contribution in [0.25, 0.3) is 0 Å². The summed E-state index contributed by atoms with van der Waals surface area (Å²) in [4.78, 5) is 23.9. The Kier molecular flexibility index (Phi) is 3.24. The lowest BCUT2D eigenvalue weighted by atomic mass is 10.1. The molecule has 1 aliphatic rings. The van der Waals surface area contributed by atoms with Crippen LogP contribution in [0.2, 0.25) is 0 Å². The molecular weight excluding hydrogens is 257 g/mol. The summed E-state index contributed by atoms with van der Waals surface area (Å²) in [7, 11) is 0. The van der Waals surface area contributed by atoms with Gasteiger partial charge in [0.15, 0.2) is 0 Å². The third-order valence-corrected chi connectivity index (χ3v) is 2.82. The van der Waals surface area contributed by atoms with Crippen LogP contribution in [0.5, 0.6) is 0 Å². The summed E-state index contributed by atoms with van der Waals surface area (Å²) in [5.41, 5.74) is 6.38. The number of imide groups is 1. The summed E-state index contributed by atoms with van der Waals surface area (Å²) in [6.45, 7) is -0.0916. The van der Waals surface area contributed by atoms with Crippen molar-refractivity contribution in [2.75, 3.05) is 6.54 Å². The zero-order valence-corrected chi connectivity index (χ0v) is 10.1. The molecule has 0 unspecified atom stereocenters. The molecule has 1 heterocycles. The van der Waals surface area contributed by atoms with Gasteiger partial charge in [-0.1, -0.05) is 12.2 Å². The number of carbonyl (C=O) groups excluding carboxylic acids is 2. The highest BCUT2D eigenvalue weighted by atomic mass is 32.1. The predicted molar refractivity (Wildman–Crippen MR) is 66.2 cm³/mol. The minimum atomic E-state index is -0.502.